The fourth-order valence-corrected chi connectivity index (χ4v) is 3.11. The lowest BCUT2D eigenvalue weighted by atomic mass is 10.0. The second-order valence-corrected chi connectivity index (χ2v) is 6.83. The summed E-state index contributed by atoms with van der Waals surface area (Å²) in [6.07, 6.45) is 2.53. The van der Waals surface area contributed by atoms with E-state index in [1.54, 1.807) is 36.4 Å². The molecule has 0 radical (unpaired) electrons. The molecular weight excluding hydrogens is 345 g/mol. The molecule has 2 aromatic carbocycles. The number of hydrogen-bond acceptors (Lipinski definition) is 3. The molecule has 0 aliphatic carbocycles. The summed E-state index contributed by atoms with van der Waals surface area (Å²) in [7, 11) is 0. The average Bonchev–Trinajstić information content (AvgIpc) is 3.20. The molecule has 0 spiro atoms. The Morgan fingerprint density at radius 1 is 1.07 bits per heavy atom. The van der Waals surface area contributed by atoms with Crippen LogP contribution in [0.4, 0.5) is 10.1 Å². The van der Waals surface area contributed by atoms with Gasteiger partial charge in [-0.2, -0.15) is 0 Å². The van der Waals surface area contributed by atoms with Crippen LogP contribution in [0.2, 0.25) is 0 Å². The van der Waals surface area contributed by atoms with E-state index in [9.17, 15) is 14.0 Å². The van der Waals surface area contributed by atoms with Crippen LogP contribution >= 0.6 is 0 Å². The smallest absolute Gasteiger partial charge is 0.251 e. The first-order valence-corrected chi connectivity index (χ1v) is 9.23. The lowest BCUT2D eigenvalue weighted by Crippen LogP contribution is -2.22. The molecule has 3 N–H and O–H groups in total. The van der Waals surface area contributed by atoms with Crippen molar-refractivity contribution in [1.29, 1.82) is 0 Å². The molecule has 1 aliphatic rings. The first-order chi connectivity index (χ1) is 13.1. The molecule has 1 atom stereocenters. The summed E-state index contributed by atoms with van der Waals surface area (Å²) in [5.41, 5.74) is 2.01. The number of halogens is 1. The number of benzene rings is 2. The van der Waals surface area contributed by atoms with E-state index in [-0.39, 0.29) is 17.6 Å². The first-order valence-electron chi connectivity index (χ1n) is 9.23. The van der Waals surface area contributed by atoms with Gasteiger partial charge in [0.2, 0.25) is 5.91 Å². The number of anilines is 1. The molecule has 5 nitrogen and oxygen atoms in total. The maximum atomic E-state index is 12.9. The van der Waals surface area contributed by atoms with Gasteiger partial charge in [0, 0.05) is 24.2 Å². The van der Waals surface area contributed by atoms with Gasteiger partial charge in [0.05, 0.1) is 0 Å². The molecule has 2 aromatic rings. The normalized spacial score (nSPS) is 16.1. The summed E-state index contributed by atoms with van der Waals surface area (Å²) in [6.45, 7) is 2.36. The zero-order valence-corrected chi connectivity index (χ0v) is 15.1. The first kappa shape index (κ1) is 19.0. The second kappa shape index (κ2) is 9.28. The van der Waals surface area contributed by atoms with Gasteiger partial charge in [-0.3, -0.25) is 9.59 Å². The molecule has 142 valence electrons. The Kier molecular flexibility index (Phi) is 6.54. The van der Waals surface area contributed by atoms with Crippen molar-refractivity contribution in [3.05, 3.63) is 65.5 Å². The molecule has 1 heterocycles. The highest BCUT2D eigenvalue weighted by atomic mass is 19.1. The summed E-state index contributed by atoms with van der Waals surface area (Å²) in [4.78, 5) is 24.2. The van der Waals surface area contributed by atoms with E-state index in [0.717, 1.165) is 31.5 Å². The van der Waals surface area contributed by atoms with Gasteiger partial charge in [-0.1, -0.05) is 12.1 Å². The molecule has 2 amide bonds. The summed E-state index contributed by atoms with van der Waals surface area (Å²) >= 11 is 0. The van der Waals surface area contributed by atoms with Crippen LogP contribution in [0.5, 0.6) is 0 Å². The van der Waals surface area contributed by atoms with Crippen LogP contribution in [0.1, 0.15) is 35.2 Å². The molecule has 1 unspecified atom stereocenters. The Morgan fingerprint density at radius 2 is 1.81 bits per heavy atom. The molecular formula is C21H24FN3O2. The van der Waals surface area contributed by atoms with Crippen molar-refractivity contribution in [2.75, 3.05) is 18.4 Å². The lowest BCUT2D eigenvalue weighted by Gasteiger charge is -2.09. The SMILES string of the molecule is O=C(CCC1CCNC1)Nc1ccc(C(=O)NCc2ccc(F)cc2)cc1. The van der Waals surface area contributed by atoms with E-state index in [1.807, 2.05) is 0 Å². The van der Waals surface area contributed by atoms with Gasteiger partial charge in [-0.15, -0.1) is 0 Å². The highest BCUT2D eigenvalue weighted by molar-refractivity contribution is 5.95. The largest absolute Gasteiger partial charge is 0.348 e. The van der Waals surface area contributed by atoms with E-state index in [2.05, 4.69) is 16.0 Å². The predicted molar refractivity (Wildman–Crippen MR) is 103 cm³/mol. The number of rotatable bonds is 7. The van der Waals surface area contributed by atoms with Crippen molar-refractivity contribution in [1.82, 2.24) is 10.6 Å². The van der Waals surface area contributed by atoms with Crippen molar-refractivity contribution < 1.29 is 14.0 Å². The monoisotopic (exact) mass is 369 g/mol. The fraction of sp³-hybridized carbons (Fsp3) is 0.333. The van der Waals surface area contributed by atoms with Crippen LogP contribution in [0, 0.1) is 11.7 Å². The van der Waals surface area contributed by atoms with Crippen molar-refractivity contribution in [2.24, 2.45) is 5.92 Å². The van der Waals surface area contributed by atoms with Crippen molar-refractivity contribution in [2.45, 2.75) is 25.8 Å². The molecule has 0 aromatic heterocycles. The topological polar surface area (TPSA) is 70.2 Å². The third-order valence-corrected chi connectivity index (χ3v) is 4.74. The maximum Gasteiger partial charge on any atom is 0.251 e. The molecule has 1 fully saturated rings. The zero-order chi connectivity index (χ0) is 19.1. The molecule has 3 rings (SSSR count). The number of hydrogen-bond donors (Lipinski definition) is 3. The number of amides is 2. The van der Waals surface area contributed by atoms with Gasteiger partial charge in [-0.25, -0.2) is 4.39 Å². The molecule has 0 saturated carbocycles. The summed E-state index contributed by atoms with van der Waals surface area (Å²) in [5.74, 6) is 0.0619. The van der Waals surface area contributed by atoms with Gasteiger partial charge < -0.3 is 16.0 Å². The van der Waals surface area contributed by atoms with E-state index in [4.69, 9.17) is 0 Å². The Labute approximate surface area is 158 Å². The third-order valence-electron chi connectivity index (χ3n) is 4.74. The highest BCUT2D eigenvalue weighted by Gasteiger charge is 2.15. The minimum Gasteiger partial charge on any atom is -0.348 e. The van der Waals surface area contributed by atoms with Crippen LogP contribution < -0.4 is 16.0 Å². The highest BCUT2D eigenvalue weighted by Crippen LogP contribution is 2.16. The standard InChI is InChI=1S/C21H24FN3O2/c22-18-6-1-15(2-7-18)14-24-21(27)17-4-8-19(9-5-17)25-20(26)10-3-16-11-12-23-13-16/h1-2,4-9,16,23H,3,10-14H2,(H,24,27)(H,25,26). The summed E-state index contributed by atoms with van der Waals surface area (Å²) in [5, 5.41) is 8.96. The Hall–Kier alpha value is -2.73. The van der Waals surface area contributed by atoms with Crippen LogP contribution in [-0.4, -0.2) is 24.9 Å². The van der Waals surface area contributed by atoms with Crippen molar-refractivity contribution in [3.63, 3.8) is 0 Å². The minimum absolute atomic E-state index is 0.00425. The quantitative estimate of drug-likeness (QED) is 0.702. The van der Waals surface area contributed by atoms with Crippen molar-refractivity contribution >= 4 is 17.5 Å². The Balaban J connectivity index is 1.45. The van der Waals surface area contributed by atoms with Crippen LogP contribution in [-0.2, 0) is 11.3 Å². The second-order valence-electron chi connectivity index (χ2n) is 6.83. The third kappa shape index (κ3) is 5.89. The van der Waals surface area contributed by atoms with Crippen LogP contribution in [0.25, 0.3) is 0 Å². The molecule has 1 aliphatic heterocycles. The lowest BCUT2D eigenvalue weighted by molar-refractivity contribution is -0.116. The van der Waals surface area contributed by atoms with Gasteiger partial charge in [-0.05, 0) is 73.8 Å². The zero-order valence-electron chi connectivity index (χ0n) is 15.1. The average molecular weight is 369 g/mol. The van der Waals surface area contributed by atoms with E-state index in [1.165, 1.54) is 12.1 Å². The minimum atomic E-state index is -0.303. The van der Waals surface area contributed by atoms with Crippen molar-refractivity contribution in [3.8, 4) is 0 Å². The molecule has 27 heavy (non-hydrogen) atoms. The van der Waals surface area contributed by atoms with Gasteiger partial charge in [0.1, 0.15) is 5.82 Å². The Bertz CT molecular complexity index is 769. The molecule has 1 saturated heterocycles. The number of carbonyl (C=O) groups is 2. The predicted octanol–water partition coefficient (Wildman–Crippen LogP) is 3.08. The summed E-state index contributed by atoms with van der Waals surface area (Å²) < 4.78 is 12.9. The van der Waals surface area contributed by atoms with Crippen LogP contribution in [0.15, 0.2) is 48.5 Å². The van der Waals surface area contributed by atoms with E-state index < -0.39 is 0 Å². The van der Waals surface area contributed by atoms with Crippen LogP contribution in [0.3, 0.4) is 0 Å². The Morgan fingerprint density at radius 3 is 2.48 bits per heavy atom. The van der Waals surface area contributed by atoms with Gasteiger partial charge in [0.25, 0.3) is 5.91 Å². The maximum absolute atomic E-state index is 12.9. The number of carbonyl (C=O) groups excluding carboxylic acids is 2. The fourth-order valence-electron chi connectivity index (χ4n) is 3.11. The summed E-state index contributed by atoms with van der Waals surface area (Å²) in [6, 6.07) is 12.8. The molecule has 6 heteroatoms. The number of nitrogens with one attached hydrogen (secondary N) is 3. The van der Waals surface area contributed by atoms with E-state index >= 15 is 0 Å². The van der Waals surface area contributed by atoms with Gasteiger partial charge in [0.15, 0.2) is 0 Å². The van der Waals surface area contributed by atoms with E-state index in [0.29, 0.717) is 30.1 Å². The van der Waals surface area contributed by atoms with Gasteiger partial charge >= 0.3 is 0 Å². The molecule has 0 bridgehead atoms.